The molecule has 0 unspecified atom stereocenters. The van der Waals surface area contributed by atoms with E-state index in [1.54, 1.807) is 6.07 Å². The molecule has 0 bridgehead atoms. The molecule has 2 rings (SSSR count). The molecule has 0 aliphatic carbocycles. The quantitative estimate of drug-likeness (QED) is 0.544. The van der Waals surface area contributed by atoms with E-state index in [-0.39, 0.29) is 29.2 Å². The van der Waals surface area contributed by atoms with E-state index in [4.69, 9.17) is 11.6 Å². The molecule has 0 saturated carbocycles. The molecule has 0 atom stereocenters. The first-order valence-corrected chi connectivity index (χ1v) is 7.41. The highest BCUT2D eigenvalue weighted by Gasteiger charge is 2.36. The molecule has 1 aromatic rings. The molecule has 2 heterocycles. The number of hydrazine groups is 1. The van der Waals surface area contributed by atoms with Crippen LogP contribution < -0.4 is 16.5 Å². The summed E-state index contributed by atoms with van der Waals surface area (Å²) in [6.45, 7) is -0.409. The molecule has 5 N–H and O–H groups in total. The van der Waals surface area contributed by atoms with E-state index in [2.05, 4.69) is 4.98 Å². The maximum absolute atomic E-state index is 13.6. The monoisotopic (exact) mass is 338 g/mol. The molecule has 130 valence electrons. The van der Waals surface area contributed by atoms with Crippen molar-refractivity contribution in [3.8, 4) is 6.07 Å². The van der Waals surface area contributed by atoms with Crippen molar-refractivity contribution in [1.82, 2.24) is 9.99 Å². The Morgan fingerprint density at radius 3 is 2.79 bits per heavy atom. The van der Waals surface area contributed by atoms with E-state index in [0.29, 0.717) is 18.7 Å². The van der Waals surface area contributed by atoms with E-state index >= 15 is 0 Å². The summed E-state index contributed by atoms with van der Waals surface area (Å²) in [4.78, 5) is 5.60. The number of aliphatic hydroxyl groups excluding tert-OH is 1. The van der Waals surface area contributed by atoms with Gasteiger partial charge in [-0.25, -0.2) is 19.6 Å². The Morgan fingerprint density at radius 2 is 2.25 bits per heavy atom. The van der Waals surface area contributed by atoms with Crippen LogP contribution in [0, 0.1) is 11.3 Å². The molecule has 0 amide bonds. The van der Waals surface area contributed by atoms with Crippen LogP contribution in [-0.4, -0.2) is 47.8 Å². The zero-order chi connectivity index (χ0) is 17.9. The molecule has 1 fully saturated rings. The predicted molar refractivity (Wildman–Crippen MR) is 85.5 cm³/mol. The number of likely N-dealkylation sites (N-methyl/N-ethyl adjacent to an activating group) is 1. The lowest BCUT2D eigenvalue weighted by molar-refractivity contribution is -0.0116. The van der Waals surface area contributed by atoms with Crippen LogP contribution in [0.15, 0.2) is 17.8 Å². The second-order valence-corrected chi connectivity index (χ2v) is 5.69. The fraction of sp³-hybridized carbons (Fsp3) is 0.467. The Hall–Kier alpha value is -2.44. The molecule has 1 aliphatic rings. The number of anilines is 1. The highest BCUT2D eigenvalue weighted by molar-refractivity contribution is 5.67. The van der Waals surface area contributed by atoms with Gasteiger partial charge >= 0.3 is 0 Å². The van der Waals surface area contributed by atoms with Gasteiger partial charge in [0.05, 0.1) is 35.9 Å². The number of aliphatic hydroxyl groups is 1. The fourth-order valence-corrected chi connectivity index (χ4v) is 2.65. The minimum atomic E-state index is -2.78. The van der Waals surface area contributed by atoms with Crippen LogP contribution in [0.2, 0.25) is 0 Å². The predicted octanol–water partition coefficient (Wildman–Crippen LogP) is 0.614. The standard InChI is InChI=1S/C15H20F2N6O/c1-22(20)13(8-24)14(19)10-3-4-12(11(7-18)21-10)23-6-2-5-15(16,17)9-23/h3-4,24H,2,5-6,8-9,19-20H2,1H3/b14-13-. The van der Waals surface area contributed by atoms with Gasteiger partial charge in [-0.05, 0) is 18.6 Å². The number of aromatic nitrogens is 1. The summed E-state index contributed by atoms with van der Waals surface area (Å²) in [7, 11) is 1.51. The second-order valence-electron chi connectivity index (χ2n) is 5.69. The van der Waals surface area contributed by atoms with Gasteiger partial charge in [-0.1, -0.05) is 0 Å². The summed E-state index contributed by atoms with van der Waals surface area (Å²) in [5.74, 6) is 2.80. The Kier molecular flexibility index (Phi) is 5.21. The molecule has 7 nitrogen and oxygen atoms in total. The van der Waals surface area contributed by atoms with Gasteiger partial charge in [0.15, 0.2) is 5.69 Å². The SMILES string of the molecule is CN(N)/C(CO)=C(\N)c1ccc(N2CCCC(F)(F)C2)c(C#N)n1. The third kappa shape index (κ3) is 3.72. The fourth-order valence-electron chi connectivity index (χ4n) is 2.65. The summed E-state index contributed by atoms with van der Waals surface area (Å²) >= 11 is 0. The second kappa shape index (κ2) is 6.98. The van der Waals surface area contributed by atoms with Crippen molar-refractivity contribution in [3.63, 3.8) is 0 Å². The van der Waals surface area contributed by atoms with Crippen LogP contribution in [0.4, 0.5) is 14.5 Å². The van der Waals surface area contributed by atoms with Crippen LogP contribution in [0.3, 0.4) is 0 Å². The van der Waals surface area contributed by atoms with Gasteiger partial charge in [-0.15, -0.1) is 0 Å². The van der Waals surface area contributed by atoms with E-state index in [1.807, 2.05) is 6.07 Å². The smallest absolute Gasteiger partial charge is 0.265 e. The van der Waals surface area contributed by atoms with Gasteiger partial charge in [-0.2, -0.15) is 5.26 Å². The van der Waals surface area contributed by atoms with Gasteiger partial charge in [0, 0.05) is 20.0 Å². The molecular formula is C15H20F2N6O. The van der Waals surface area contributed by atoms with Crippen LogP contribution in [0.5, 0.6) is 0 Å². The largest absolute Gasteiger partial charge is 0.395 e. The molecule has 1 aromatic heterocycles. The summed E-state index contributed by atoms with van der Waals surface area (Å²) in [6.07, 6.45) is 0.184. The Bertz CT molecular complexity index is 683. The lowest BCUT2D eigenvalue weighted by atomic mass is 10.1. The van der Waals surface area contributed by atoms with E-state index in [0.717, 1.165) is 5.01 Å². The Labute approximate surface area is 138 Å². The third-order valence-electron chi connectivity index (χ3n) is 3.88. The molecule has 0 aromatic carbocycles. The van der Waals surface area contributed by atoms with Gasteiger partial charge in [-0.3, -0.25) is 0 Å². The minimum absolute atomic E-state index is 0.00474. The van der Waals surface area contributed by atoms with Gasteiger partial charge in [0.25, 0.3) is 5.92 Å². The van der Waals surface area contributed by atoms with E-state index < -0.39 is 19.1 Å². The van der Waals surface area contributed by atoms with Crippen molar-refractivity contribution in [1.29, 1.82) is 5.26 Å². The number of hydrogen-bond acceptors (Lipinski definition) is 7. The maximum atomic E-state index is 13.6. The van der Waals surface area contributed by atoms with Gasteiger partial charge in [0.1, 0.15) is 6.07 Å². The van der Waals surface area contributed by atoms with Gasteiger partial charge in [0.2, 0.25) is 0 Å². The zero-order valence-corrected chi connectivity index (χ0v) is 13.3. The number of rotatable bonds is 4. The number of hydrogen-bond donors (Lipinski definition) is 3. The number of nitrogens with two attached hydrogens (primary N) is 2. The Balaban J connectivity index is 2.40. The third-order valence-corrected chi connectivity index (χ3v) is 3.88. The summed E-state index contributed by atoms with van der Waals surface area (Å²) in [6, 6.07) is 4.99. The normalized spacial score (nSPS) is 17.9. The van der Waals surface area contributed by atoms with Crippen LogP contribution in [-0.2, 0) is 0 Å². The molecule has 9 heteroatoms. The first kappa shape index (κ1) is 17.9. The first-order valence-electron chi connectivity index (χ1n) is 7.41. The molecule has 1 saturated heterocycles. The topological polar surface area (TPSA) is 115 Å². The minimum Gasteiger partial charge on any atom is -0.395 e. The average Bonchev–Trinajstić information content (AvgIpc) is 2.53. The number of halogens is 2. The number of nitriles is 1. The van der Waals surface area contributed by atoms with Crippen molar-refractivity contribution in [2.24, 2.45) is 11.6 Å². The van der Waals surface area contributed by atoms with E-state index in [9.17, 15) is 19.1 Å². The van der Waals surface area contributed by atoms with Crippen molar-refractivity contribution in [2.45, 2.75) is 18.8 Å². The highest BCUT2D eigenvalue weighted by atomic mass is 19.3. The first-order chi connectivity index (χ1) is 11.3. The van der Waals surface area contributed by atoms with Crippen LogP contribution in [0.1, 0.15) is 24.2 Å². The lowest BCUT2D eigenvalue weighted by Crippen LogP contribution is -2.43. The summed E-state index contributed by atoms with van der Waals surface area (Å²) in [5.41, 5.74) is 6.90. The molecule has 1 aliphatic heterocycles. The molecule has 24 heavy (non-hydrogen) atoms. The van der Waals surface area contributed by atoms with Crippen molar-refractivity contribution >= 4 is 11.4 Å². The van der Waals surface area contributed by atoms with Gasteiger partial charge < -0.3 is 20.7 Å². The number of alkyl halides is 2. The van der Waals surface area contributed by atoms with Crippen LogP contribution in [0.25, 0.3) is 5.70 Å². The Morgan fingerprint density at radius 1 is 1.54 bits per heavy atom. The number of piperidine rings is 1. The van der Waals surface area contributed by atoms with Crippen molar-refractivity contribution in [3.05, 3.63) is 29.2 Å². The zero-order valence-electron chi connectivity index (χ0n) is 13.3. The molecule has 0 radical (unpaired) electrons. The number of pyridine rings is 1. The maximum Gasteiger partial charge on any atom is 0.265 e. The lowest BCUT2D eigenvalue weighted by Gasteiger charge is -2.34. The van der Waals surface area contributed by atoms with Crippen LogP contribution >= 0.6 is 0 Å². The number of nitrogens with zero attached hydrogens (tertiary/aromatic N) is 4. The van der Waals surface area contributed by atoms with E-state index in [1.165, 1.54) is 18.0 Å². The van der Waals surface area contributed by atoms with Crippen molar-refractivity contribution < 1.29 is 13.9 Å². The average molecular weight is 338 g/mol. The summed E-state index contributed by atoms with van der Waals surface area (Å²) < 4.78 is 27.2. The highest BCUT2D eigenvalue weighted by Crippen LogP contribution is 2.31. The summed E-state index contributed by atoms with van der Waals surface area (Å²) in [5, 5.41) is 19.8. The molecule has 0 spiro atoms. The van der Waals surface area contributed by atoms with Crippen molar-refractivity contribution in [2.75, 3.05) is 31.6 Å². The molecular weight excluding hydrogens is 318 g/mol.